The van der Waals surface area contributed by atoms with Crippen molar-refractivity contribution < 1.29 is 9.68 Å². The summed E-state index contributed by atoms with van der Waals surface area (Å²) in [5.74, 6) is 1.06. The van der Waals surface area contributed by atoms with Crippen molar-refractivity contribution >= 4 is 45.8 Å². The fourth-order valence-electron chi connectivity index (χ4n) is 3.42. The molecular formula is C19H19Cl2N2OS+. The molecule has 0 spiro atoms. The highest BCUT2D eigenvalue weighted by molar-refractivity contribution is 8.13. The third-order valence-corrected chi connectivity index (χ3v) is 6.70. The largest absolute Gasteiger partial charge is 0.346 e. The molecule has 0 saturated carbocycles. The Morgan fingerprint density at radius 2 is 1.88 bits per heavy atom. The van der Waals surface area contributed by atoms with E-state index in [0.29, 0.717) is 16.6 Å². The van der Waals surface area contributed by atoms with E-state index in [1.165, 1.54) is 5.56 Å². The normalized spacial score (nSPS) is 23.1. The number of nitrogens with zero attached hydrogens (tertiary/aromatic N) is 2. The van der Waals surface area contributed by atoms with Gasteiger partial charge in [-0.05, 0) is 49.4 Å². The van der Waals surface area contributed by atoms with Gasteiger partial charge in [0.15, 0.2) is 6.54 Å². The molecule has 0 aliphatic carbocycles. The second kappa shape index (κ2) is 6.51. The van der Waals surface area contributed by atoms with Crippen molar-refractivity contribution in [3.05, 3.63) is 63.6 Å². The molecule has 1 unspecified atom stereocenters. The van der Waals surface area contributed by atoms with Gasteiger partial charge in [0.25, 0.3) is 5.72 Å². The van der Waals surface area contributed by atoms with E-state index < -0.39 is 5.72 Å². The van der Waals surface area contributed by atoms with Gasteiger partial charge in [0, 0.05) is 11.3 Å². The highest BCUT2D eigenvalue weighted by Gasteiger charge is 2.53. The third kappa shape index (κ3) is 2.95. The van der Waals surface area contributed by atoms with E-state index in [-0.39, 0.29) is 0 Å². The number of halogens is 2. The Balaban J connectivity index is 1.80. The second-order valence-electron chi connectivity index (χ2n) is 6.50. The number of thioether (sulfide) groups is 1. The maximum atomic E-state index is 11.6. The molecule has 0 saturated heterocycles. The SMILES string of the molecule is Cc1ccc(N2CC(O)(c3ccc(Cl)c(Cl)c3)[N+]3=C2SCCC3)cc1. The number of anilines is 1. The fourth-order valence-corrected chi connectivity index (χ4v) is 4.90. The lowest BCUT2D eigenvalue weighted by Crippen LogP contribution is -2.41. The number of hydrogen-bond donors (Lipinski definition) is 1. The number of rotatable bonds is 2. The van der Waals surface area contributed by atoms with Gasteiger partial charge in [0.2, 0.25) is 0 Å². The van der Waals surface area contributed by atoms with Crippen LogP contribution in [0.4, 0.5) is 5.69 Å². The van der Waals surface area contributed by atoms with Crippen LogP contribution in [0, 0.1) is 6.92 Å². The lowest BCUT2D eigenvalue weighted by atomic mass is 10.0. The molecule has 3 nitrogen and oxygen atoms in total. The molecule has 0 amide bonds. The predicted octanol–water partition coefficient (Wildman–Crippen LogP) is 4.47. The summed E-state index contributed by atoms with van der Waals surface area (Å²) >= 11 is 14.1. The summed E-state index contributed by atoms with van der Waals surface area (Å²) in [7, 11) is 0. The molecule has 1 atom stereocenters. The van der Waals surface area contributed by atoms with Crippen molar-refractivity contribution in [3.8, 4) is 0 Å². The van der Waals surface area contributed by atoms with Crippen LogP contribution in [-0.2, 0) is 5.72 Å². The maximum absolute atomic E-state index is 11.6. The zero-order valence-corrected chi connectivity index (χ0v) is 16.2. The standard InChI is InChI=1S/C19H19Cl2N2OS/c1-13-3-6-15(7-4-13)22-12-19(24,23-9-2-10-25-18(22)23)14-5-8-16(20)17(21)11-14/h3-8,11,24H,2,9-10,12H2,1H3/q+1. The van der Waals surface area contributed by atoms with Crippen molar-refractivity contribution in [2.45, 2.75) is 19.1 Å². The van der Waals surface area contributed by atoms with Crippen molar-refractivity contribution in [1.29, 1.82) is 0 Å². The van der Waals surface area contributed by atoms with E-state index in [9.17, 15) is 5.11 Å². The minimum absolute atomic E-state index is 0.465. The first-order valence-electron chi connectivity index (χ1n) is 8.28. The van der Waals surface area contributed by atoms with Crippen LogP contribution >= 0.6 is 35.0 Å². The lowest BCUT2D eigenvalue weighted by Gasteiger charge is -2.24. The molecule has 0 fully saturated rings. The first-order chi connectivity index (χ1) is 12.0. The van der Waals surface area contributed by atoms with Gasteiger partial charge in [-0.15, -0.1) is 0 Å². The summed E-state index contributed by atoms with van der Waals surface area (Å²) < 4.78 is 2.10. The van der Waals surface area contributed by atoms with Crippen LogP contribution < -0.4 is 4.90 Å². The van der Waals surface area contributed by atoms with Gasteiger partial charge in [-0.2, -0.15) is 0 Å². The highest BCUT2D eigenvalue weighted by Crippen LogP contribution is 2.39. The molecule has 25 heavy (non-hydrogen) atoms. The summed E-state index contributed by atoms with van der Waals surface area (Å²) in [4.78, 5) is 2.20. The Morgan fingerprint density at radius 1 is 1.12 bits per heavy atom. The molecule has 0 bridgehead atoms. The Kier molecular flexibility index (Phi) is 4.49. The smallest absolute Gasteiger partial charge is 0.316 e. The van der Waals surface area contributed by atoms with Gasteiger partial charge >= 0.3 is 5.17 Å². The molecule has 0 radical (unpaired) electrons. The summed E-state index contributed by atoms with van der Waals surface area (Å²) in [6.07, 6.45) is 1.04. The van der Waals surface area contributed by atoms with Gasteiger partial charge in [-0.25, -0.2) is 9.48 Å². The molecule has 1 N–H and O–H groups in total. The molecule has 0 aromatic heterocycles. The topological polar surface area (TPSA) is 26.5 Å². The molecule has 4 rings (SSSR count). The molecular weight excluding hydrogens is 375 g/mol. The van der Waals surface area contributed by atoms with E-state index in [1.54, 1.807) is 23.9 Å². The summed E-state index contributed by atoms with van der Waals surface area (Å²) in [6, 6.07) is 13.8. The third-order valence-electron chi connectivity index (χ3n) is 4.77. The van der Waals surface area contributed by atoms with Crippen LogP contribution in [0.15, 0.2) is 42.5 Å². The van der Waals surface area contributed by atoms with E-state index >= 15 is 0 Å². The highest BCUT2D eigenvalue weighted by atomic mass is 35.5. The molecule has 2 aliphatic rings. The quantitative estimate of drug-likeness (QED) is 0.762. The molecule has 6 heteroatoms. The van der Waals surface area contributed by atoms with Gasteiger partial charge in [0.05, 0.1) is 16.6 Å². The van der Waals surface area contributed by atoms with Crippen molar-refractivity contribution in [2.75, 3.05) is 23.7 Å². The van der Waals surface area contributed by atoms with Crippen molar-refractivity contribution in [1.82, 2.24) is 0 Å². The molecule has 130 valence electrons. The Bertz CT molecular complexity index is 853. The fraction of sp³-hybridized carbons (Fsp3) is 0.316. The maximum Gasteiger partial charge on any atom is 0.316 e. The monoisotopic (exact) mass is 393 g/mol. The first-order valence-corrected chi connectivity index (χ1v) is 10.0. The van der Waals surface area contributed by atoms with Gasteiger partial charge in [0.1, 0.15) is 5.69 Å². The zero-order valence-electron chi connectivity index (χ0n) is 13.9. The van der Waals surface area contributed by atoms with Crippen LogP contribution in [0.5, 0.6) is 0 Å². The average Bonchev–Trinajstić information content (AvgIpc) is 2.93. The van der Waals surface area contributed by atoms with Gasteiger partial charge < -0.3 is 5.11 Å². The first kappa shape index (κ1) is 17.2. The lowest BCUT2D eigenvalue weighted by molar-refractivity contribution is -0.656. The number of benzene rings is 2. The second-order valence-corrected chi connectivity index (χ2v) is 8.38. The van der Waals surface area contributed by atoms with Crippen molar-refractivity contribution in [3.63, 3.8) is 0 Å². The predicted molar refractivity (Wildman–Crippen MR) is 106 cm³/mol. The van der Waals surface area contributed by atoms with E-state index in [2.05, 4.69) is 40.7 Å². The van der Waals surface area contributed by atoms with E-state index in [4.69, 9.17) is 23.2 Å². The van der Waals surface area contributed by atoms with Crippen LogP contribution in [0.3, 0.4) is 0 Å². The van der Waals surface area contributed by atoms with Crippen LogP contribution in [0.1, 0.15) is 17.5 Å². The number of aliphatic hydroxyl groups is 1. The molecule has 2 aromatic carbocycles. The summed E-state index contributed by atoms with van der Waals surface area (Å²) in [6.45, 7) is 3.37. The molecule has 2 aliphatic heterocycles. The van der Waals surface area contributed by atoms with Crippen LogP contribution in [-0.4, -0.2) is 33.7 Å². The molecule has 2 aromatic rings. The number of β-amino-alcohol motifs (C(OH)–C–C–N with tert-alkyl or cyclic N) is 1. The number of amidine groups is 1. The van der Waals surface area contributed by atoms with E-state index in [0.717, 1.165) is 35.1 Å². The van der Waals surface area contributed by atoms with Crippen LogP contribution in [0.25, 0.3) is 0 Å². The zero-order chi connectivity index (χ0) is 17.6. The Labute approximate surface area is 161 Å². The minimum Gasteiger partial charge on any atom is -0.346 e. The summed E-state index contributed by atoms with van der Waals surface area (Å²) in [5, 5.41) is 13.7. The minimum atomic E-state index is -1.11. The van der Waals surface area contributed by atoms with Crippen LogP contribution in [0.2, 0.25) is 10.0 Å². The molecule has 2 heterocycles. The Morgan fingerprint density at radius 3 is 2.60 bits per heavy atom. The average molecular weight is 394 g/mol. The Hall–Kier alpha value is -1.20. The van der Waals surface area contributed by atoms with E-state index in [1.807, 2.05) is 6.07 Å². The van der Waals surface area contributed by atoms with Crippen molar-refractivity contribution in [2.24, 2.45) is 0 Å². The van der Waals surface area contributed by atoms with Gasteiger partial charge in [-0.3, -0.25) is 0 Å². The number of aryl methyl sites for hydroxylation is 1. The summed E-state index contributed by atoms with van der Waals surface area (Å²) in [5.41, 5.74) is 1.98. The number of hydrogen-bond acceptors (Lipinski definition) is 3. The van der Waals surface area contributed by atoms with Gasteiger partial charge in [-0.1, -0.05) is 47.0 Å².